The van der Waals surface area contributed by atoms with Crippen molar-refractivity contribution in [3.8, 4) is 11.5 Å². The lowest BCUT2D eigenvalue weighted by Gasteiger charge is -2.08. The number of carbonyl (C=O) groups is 2. The summed E-state index contributed by atoms with van der Waals surface area (Å²) in [5.74, 6) is -0.819. The Hall–Kier alpha value is -4.19. The van der Waals surface area contributed by atoms with E-state index in [0.717, 1.165) is 11.1 Å². The molecular formula is C24H19NO5. The highest BCUT2D eigenvalue weighted by atomic mass is 16.6. The topological polar surface area (TPSA) is 85.2 Å². The lowest BCUT2D eigenvalue weighted by Crippen LogP contribution is -2.05. The standard InChI is InChI=1S/C24H19NO5/c1-29-22-15-18(16-25-20-11-9-19(10-12-20)24(27)28)7-13-21(22)30-23(26)14-8-17-5-3-2-4-6-17/h2-16H,1H3,(H,27,28)/b14-8?,25-16+. The van der Waals surface area contributed by atoms with Crippen LogP contribution in [-0.2, 0) is 4.79 Å². The minimum absolute atomic E-state index is 0.197. The first kappa shape index (κ1) is 20.5. The Bertz CT molecular complexity index is 1090. The van der Waals surface area contributed by atoms with E-state index in [1.54, 1.807) is 42.6 Å². The van der Waals surface area contributed by atoms with Crippen LogP contribution < -0.4 is 9.47 Å². The van der Waals surface area contributed by atoms with Crippen molar-refractivity contribution in [2.24, 2.45) is 4.99 Å². The molecule has 0 unspecified atom stereocenters. The number of carboxylic acid groups (broad SMARTS) is 1. The number of aromatic carboxylic acids is 1. The average Bonchev–Trinajstić information content (AvgIpc) is 2.78. The summed E-state index contributed by atoms with van der Waals surface area (Å²) in [6, 6.07) is 20.7. The summed E-state index contributed by atoms with van der Waals surface area (Å²) in [6.45, 7) is 0. The van der Waals surface area contributed by atoms with Gasteiger partial charge in [-0.2, -0.15) is 0 Å². The van der Waals surface area contributed by atoms with Gasteiger partial charge in [0, 0.05) is 12.3 Å². The molecule has 3 aromatic rings. The van der Waals surface area contributed by atoms with Crippen LogP contribution >= 0.6 is 0 Å². The smallest absolute Gasteiger partial charge is 0.336 e. The first-order valence-corrected chi connectivity index (χ1v) is 9.05. The van der Waals surface area contributed by atoms with Crippen LogP contribution in [0.5, 0.6) is 11.5 Å². The lowest BCUT2D eigenvalue weighted by atomic mass is 10.2. The van der Waals surface area contributed by atoms with E-state index < -0.39 is 11.9 Å². The van der Waals surface area contributed by atoms with Crippen LogP contribution in [0.3, 0.4) is 0 Å². The quantitative estimate of drug-likeness (QED) is 0.267. The molecule has 0 amide bonds. The maximum atomic E-state index is 12.1. The molecule has 0 bridgehead atoms. The van der Waals surface area contributed by atoms with Crippen molar-refractivity contribution < 1.29 is 24.2 Å². The molecule has 0 spiro atoms. The largest absolute Gasteiger partial charge is 0.493 e. The predicted molar refractivity (Wildman–Crippen MR) is 115 cm³/mol. The maximum absolute atomic E-state index is 12.1. The Morgan fingerprint density at radius 1 is 0.900 bits per heavy atom. The van der Waals surface area contributed by atoms with Crippen molar-refractivity contribution in [1.29, 1.82) is 0 Å². The van der Waals surface area contributed by atoms with E-state index >= 15 is 0 Å². The molecule has 0 aliphatic heterocycles. The van der Waals surface area contributed by atoms with Gasteiger partial charge in [0.25, 0.3) is 0 Å². The second-order valence-electron chi connectivity index (χ2n) is 6.19. The van der Waals surface area contributed by atoms with Crippen LogP contribution in [0.25, 0.3) is 6.08 Å². The van der Waals surface area contributed by atoms with E-state index in [9.17, 15) is 9.59 Å². The van der Waals surface area contributed by atoms with Gasteiger partial charge < -0.3 is 14.6 Å². The third-order valence-corrected chi connectivity index (χ3v) is 4.09. The molecule has 0 aromatic heterocycles. The molecule has 1 N–H and O–H groups in total. The molecule has 0 saturated carbocycles. The molecular weight excluding hydrogens is 382 g/mol. The van der Waals surface area contributed by atoms with Gasteiger partial charge >= 0.3 is 11.9 Å². The second-order valence-corrected chi connectivity index (χ2v) is 6.19. The summed E-state index contributed by atoms with van der Waals surface area (Å²) < 4.78 is 10.7. The van der Waals surface area contributed by atoms with Gasteiger partial charge in [0.15, 0.2) is 11.5 Å². The molecule has 0 heterocycles. The van der Waals surface area contributed by atoms with Crippen molar-refractivity contribution in [2.45, 2.75) is 0 Å². The van der Waals surface area contributed by atoms with Crippen LogP contribution in [0.2, 0.25) is 0 Å². The van der Waals surface area contributed by atoms with E-state index in [-0.39, 0.29) is 5.56 Å². The minimum Gasteiger partial charge on any atom is -0.493 e. The summed E-state index contributed by atoms with van der Waals surface area (Å²) in [5.41, 5.74) is 2.43. The molecule has 6 heteroatoms. The lowest BCUT2D eigenvalue weighted by molar-refractivity contribution is -0.129. The molecule has 0 atom stereocenters. The molecule has 150 valence electrons. The van der Waals surface area contributed by atoms with Crippen LogP contribution in [-0.4, -0.2) is 30.4 Å². The Morgan fingerprint density at radius 2 is 1.63 bits per heavy atom. The molecule has 3 rings (SSSR count). The van der Waals surface area contributed by atoms with Crippen molar-refractivity contribution in [3.63, 3.8) is 0 Å². The van der Waals surface area contributed by atoms with Gasteiger partial charge in [-0.1, -0.05) is 30.3 Å². The summed E-state index contributed by atoms with van der Waals surface area (Å²) in [5, 5.41) is 8.93. The molecule has 0 aliphatic rings. The van der Waals surface area contributed by atoms with Gasteiger partial charge in [0.05, 0.1) is 18.4 Å². The average molecular weight is 401 g/mol. The fourth-order valence-corrected chi connectivity index (χ4v) is 2.56. The number of rotatable bonds is 7. The molecule has 0 fully saturated rings. The van der Waals surface area contributed by atoms with Crippen molar-refractivity contribution in [2.75, 3.05) is 7.11 Å². The Kier molecular flexibility index (Phi) is 6.74. The number of esters is 1. The number of benzene rings is 3. The Labute approximate surface area is 173 Å². The normalized spacial score (nSPS) is 11.0. The maximum Gasteiger partial charge on any atom is 0.336 e. The number of carboxylic acids is 1. The van der Waals surface area contributed by atoms with Crippen molar-refractivity contribution in [3.05, 3.63) is 95.6 Å². The van der Waals surface area contributed by atoms with Crippen LogP contribution in [0.15, 0.2) is 83.9 Å². The number of nitrogens with zero attached hydrogens (tertiary/aromatic N) is 1. The fraction of sp³-hybridized carbons (Fsp3) is 0.0417. The number of ether oxygens (including phenoxy) is 2. The highest BCUT2D eigenvalue weighted by Crippen LogP contribution is 2.28. The third kappa shape index (κ3) is 5.65. The molecule has 0 aliphatic carbocycles. The molecule has 0 saturated heterocycles. The highest BCUT2D eigenvalue weighted by Gasteiger charge is 2.09. The number of methoxy groups -OCH3 is 1. The van der Waals surface area contributed by atoms with E-state index in [4.69, 9.17) is 14.6 Å². The zero-order valence-electron chi connectivity index (χ0n) is 16.2. The van der Waals surface area contributed by atoms with E-state index in [2.05, 4.69) is 4.99 Å². The summed E-state index contributed by atoms with van der Waals surface area (Å²) >= 11 is 0. The van der Waals surface area contributed by atoms with E-state index in [0.29, 0.717) is 17.2 Å². The number of aliphatic imine (C=N–C) groups is 1. The van der Waals surface area contributed by atoms with Gasteiger partial charge in [0.2, 0.25) is 0 Å². The fourth-order valence-electron chi connectivity index (χ4n) is 2.56. The molecule has 30 heavy (non-hydrogen) atoms. The monoisotopic (exact) mass is 401 g/mol. The zero-order valence-corrected chi connectivity index (χ0v) is 16.2. The minimum atomic E-state index is -0.987. The van der Waals surface area contributed by atoms with Gasteiger partial charge in [-0.25, -0.2) is 9.59 Å². The first-order chi connectivity index (χ1) is 14.5. The highest BCUT2D eigenvalue weighted by molar-refractivity contribution is 5.90. The number of carbonyl (C=O) groups excluding carboxylic acids is 1. The van der Waals surface area contributed by atoms with Gasteiger partial charge in [0.1, 0.15) is 0 Å². The first-order valence-electron chi connectivity index (χ1n) is 9.05. The van der Waals surface area contributed by atoms with Crippen LogP contribution in [0, 0.1) is 0 Å². The van der Waals surface area contributed by atoms with Gasteiger partial charge in [-0.05, 0) is 59.7 Å². The molecule has 6 nitrogen and oxygen atoms in total. The van der Waals surface area contributed by atoms with Gasteiger partial charge in [-0.15, -0.1) is 0 Å². The molecule has 3 aromatic carbocycles. The van der Waals surface area contributed by atoms with Crippen LogP contribution in [0.4, 0.5) is 5.69 Å². The molecule has 0 radical (unpaired) electrons. The Morgan fingerprint density at radius 3 is 2.30 bits per heavy atom. The Balaban J connectivity index is 1.69. The summed E-state index contributed by atoms with van der Waals surface area (Å²) in [7, 11) is 1.48. The van der Waals surface area contributed by atoms with Crippen LogP contribution in [0.1, 0.15) is 21.5 Å². The van der Waals surface area contributed by atoms with Crippen molar-refractivity contribution in [1.82, 2.24) is 0 Å². The van der Waals surface area contributed by atoms with E-state index in [1.165, 1.54) is 25.3 Å². The van der Waals surface area contributed by atoms with Crippen molar-refractivity contribution >= 4 is 29.9 Å². The summed E-state index contributed by atoms with van der Waals surface area (Å²) in [6.07, 6.45) is 4.63. The zero-order chi connectivity index (χ0) is 21.3. The van der Waals surface area contributed by atoms with Gasteiger partial charge in [-0.3, -0.25) is 4.99 Å². The number of hydrogen-bond acceptors (Lipinski definition) is 5. The predicted octanol–water partition coefficient (Wildman–Crippen LogP) is 4.76. The second kappa shape index (κ2) is 9.84. The summed E-state index contributed by atoms with van der Waals surface area (Å²) in [4.78, 5) is 27.3. The third-order valence-electron chi connectivity index (χ3n) is 4.09. The van der Waals surface area contributed by atoms with E-state index in [1.807, 2.05) is 30.3 Å². The SMILES string of the molecule is COc1cc(/C=N/c2ccc(C(=O)O)cc2)ccc1OC(=O)C=Cc1ccccc1. The number of hydrogen-bond donors (Lipinski definition) is 1.